The molecule has 0 fully saturated rings. The van der Waals surface area contributed by atoms with E-state index >= 15 is 0 Å². The number of rotatable bonds is 3. The zero-order valence-corrected chi connectivity index (χ0v) is 10.0. The number of aromatic nitrogens is 4. The molecule has 0 radical (unpaired) electrons. The molecule has 0 aliphatic rings. The van der Waals surface area contributed by atoms with Gasteiger partial charge in [0, 0.05) is 31.2 Å². The minimum Gasteiger partial charge on any atom is -0.397 e. The van der Waals surface area contributed by atoms with Crippen LogP contribution in [0.25, 0.3) is 11.5 Å². The Morgan fingerprint density at radius 2 is 1.95 bits per heavy atom. The molecule has 3 heterocycles. The third-order valence-electron chi connectivity index (χ3n) is 2.59. The quantitative estimate of drug-likeness (QED) is 0.763. The second kappa shape index (κ2) is 4.85. The lowest BCUT2D eigenvalue weighted by Gasteiger charge is -1.95. The summed E-state index contributed by atoms with van der Waals surface area (Å²) >= 11 is 0. The van der Waals surface area contributed by atoms with E-state index in [0.717, 1.165) is 5.56 Å². The highest BCUT2D eigenvalue weighted by Gasteiger charge is 2.09. The predicted molar refractivity (Wildman–Crippen MR) is 69.0 cm³/mol. The fourth-order valence-corrected chi connectivity index (χ4v) is 1.70. The lowest BCUT2D eigenvalue weighted by atomic mass is 10.2. The van der Waals surface area contributed by atoms with Crippen molar-refractivity contribution < 1.29 is 4.52 Å². The molecule has 0 saturated carbocycles. The van der Waals surface area contributed by atoms with Crippen molar-refractivity contribution in [2.24, 2.45) is 0 Å². The summed E-state index contributed by atoms with van der Waals surface area (Å²) in [6.07, 6.45) is 7.27. The molecule has 0 spiro atoms. The SMILES string of the molecule is Nc1cncc(-c2nc(Cc3ccncc3)no2)c1. The van der Waals surface area contributed by atoms with Gasteiger partial charge in [0.2, 0.25) is 0 Å². The normalized spacial score (nSPS) is 10.5. The predicted octanol–water partition coefficient (Wildman–Crippen LogP) is 1.70. The van der Waals surface area contributed by atoms with E-state index in [9.17, 15) is 0 Å². The van der Waals surface area contributed by atoms with Crippen molar-refractivity contribution in [2.45, 2.75) is 6.42 Å². The zero-order valence-electron chi connectivity index (χ0n) is 10.0. The lowest BCUT2D eigenvalue weighted by molar-refractivity contribution is 0.424. The van der Waals surface area contributed by atoms with Gasteiger partial charge in [0.1, 0.15) is 0 Å². The molecule has 3 rings (SSSR count). The topological polar surface area (TPSA) is 90.7 Å². The Bertz CT molecular complexity index is 680. The fourth-order valence-electron chi connectivity index (χ4n) is 1.70. The van der Waals surface area contributed by atoms with Gasteiger partial charge in [0.05, 0.1) is 11.3 Å². The second-order valence-electron chi connectivity index (χ2n) is 4.05. The summed E-state index contributed by atoms with van der Waals surface area (Å²) in [7, 11) is 0. The molecule has 0 bridgehead atoms. The van der Waals surface area contributed by atoms with Crippen LogP contribution in [0.3, 0.4) is 0 Å². The Hall–Kier alpha value is -2.76. The van der Waals surface area contributed by atoms with Crippen LogP contribution in [-0.2, 0) is 6.42 Å². The highest BCUT2D eigenvalue weighted by atomic mass is 16.5. The van der Waals surface area contributed by atoms with E-state index in [4.69, 9.17) is 10.3 Å². The molecule has 0 saturated heterocycles. The third-order valence-corrected chi connectivity index (χ3v) is 2.59. The molecular weight excluding hydrogens is 242 g/mol. The first-order valence-corrected chi connectivity index (χ1v) is 5.73. The highest BCUT2D eigenvalue weighted by molar-refractivity contribution is 5.57. The molecule has 6 heteroatoms. The maximum absolute atomic E-state index is 5.67. The first kappa shape index (κ1) is 11.3. The van der Waals surface area contributed by atoms with Gasteiger partial charge in [-0.3, -0.25) is 9.97 Å². The van der Waals surface area contributed by atoms with Crippen LogP contribution in [0.1, 0.15) is 11.4 Å². The molecule has 0 aliphatic carbocycles. The highest BCUT2D eigenvalue weighted by Crippen LogP contribution is 2.18. The van der Waals surface area contributed by atoms with Gasteiger partial charge in [0.25, 0.3) is 5.89 Å². The van der Waals surface area contributed by atoms with Gasteiger partial charge in [-0.1, -0.05) is 5.16 Å². The van der Waals surface area contributed by atoms with E-state index in [0.29, 0.717) is 29.4 Å². The van der Waals surface area contributed by atoms with Crippen LogP contribution >= 0.6 is 0 Å². The molecular formula is C13H11N5O. The molecule has 6 nitrogen and oxygen atoms in total. The van der Waals surface area contributed by atoms with Crippen LogP contribution in [0.5, 0.6) is 0 Å². The Labute approximate surface area is 109 Å². The van der Waals surface area contributed by atoms with Crippen LogP contribution in [0.2, 0.25) is 0 Å². The van der Waals surface area contributed by atoms with E-state index in [2.05, 4.69) is 20.1 Å². The van der Waals surface area contributed by atoms with Crippen molar-refractivity contribution in [3.8, 4) is 11.5 Å². The number of hydrogen-bond acceptors (Lipinski definition) is 6. The fraction of sp³-hybridized carbons (Fsp3) is 0.0769. The van der Waals surface area contributed by atoms with Gasteiger partial charge in [-0.15, -0.1) is 0 Å². The van der Waals surface area contributed by atoms with Gasteiger partial charge in [-0.25, -0.2) is 0 Å². The summed E-state index contributed by atoms with van der Waals surface area (Å²) in [4.78, 5) is 12.3. The molecule has 0 unspecified atom stereocenters. The maximum atomic E-state index is 5.67. The van der Waals surface area contributed by atoms with Crippen LogP contribution in [-0.4, -0.2) is 20.1 Å². The molecule has 0 atom stereocenters. The Morgan fingerprint density at radius 3 is 2.74 bits per heavy atom. The van der Waals surface area contributed by atoms with E-state index in [-0.39, 0.29) is 0 Å². The first-order chi connectivity index (χ1) is 9.31. The summed E-state index contributed by atoms with van der Waals surface area (Å²) < 4.78 is 5.21. The zero-order chi connectivity index (χ0) is 13.1. The number of nitrogens with zero attached hydrogens (tertiary/aromatic N) is 4. The first-order valence-electron chi connectivity index (χ1n) is 5.73. The molecule has 94 valence electrons. The number of nitrogens with two attached hydrogens (primary N) is 1. The van der Waals surface area contributed by atoms with E-state index in [1.54, 1.807) is 30.9 Å². The summed E-state index contributed by atoms with van der Waals surface area (Å²) in [6, 6.07) is 5.58. The largest absolute Gasteiger partial charge is 0.397 e. The van der Waals surface area contributed by atoms with Crippen LogP contribution < -0.4 is 5.73 Å². The second-order valence-corrected chi connectivity index (χ2v) is 4.05. The molecule has 3 aromatic rings. The summed E-state index contributed by atoms with van der Waals surface area (Å²) in [5, 5.41) is 3.94. The average Bonchev–Trinajstić information content (AvgIpc) is 2.88. The Kier molecular flexibility index (Phi) is 2.89. The van der Waals surface area contributed by atoms with Crippen molar-refractivity contribution in [1.29, 1.82) is 0 Å². The molecule has 0 amide bonds. The van der Waals surface area contributed by atoms with Gasteiger partial charge in [-0.05, 0) is 23.8 Å². The van der Waals surface area contributed by atoms with Gasteiger partial charge in [-0.2, -0.15) is 4.98 Å². The maximum Gasteiger partial charge on any atom is 0.259 e. The molecule has 0 aromatic carbocycles. The minimum absolute atomic E-state index is 0.420. The third kappa shape index (κ3) is 2.57. The van der Waals surface area contributed by atoms with E-state index < -0.39 is 0 Å². The standard InChI is InChI=1S/C13H11N5O/c14-11-6-10(7-16-8-11)13-17-12(18-19-13)5-9-1-3-15-4-2-9/h1-4,6-8H,5,14H2. The molecule has 0 aliphatic heterocycles. The van der Waals surface area contributed by atoms with E-state index in [1.807, 2.05) is 12.1 Å². The minimum atomic E-state index is 0.420. The summed E-state index contributed by atoms with van der Waals surface area (Å²) in [6.45, 7) is 0. The van der Waals surface area contributed by atoms with Crippen molar-refractivity contribution in [3.05, 3.63) is 54.4 Å². The van der Waals surface area contributed by atoms with Gasteiger partial charge in [0.15, 0.2) is 5.82 Å². The van der Waals surface area contributed by atoms with Crippen LogP contribution in [0, 0.1) is 0 Å². The van der Waals surface area contributed by atoms with Crippen LogP contribution in [0.4, 0.5) is 5.69 Å². The van der Waals surface area contributed by atoms with Crippen molar-refractivity contribution in [3.63, 3.8) is 0 Å². The monoisotopic (exact) mass is 253 g/mol. The summed E-state index contributed by atoms with van der Waals surface area (Å²) in [5.41, 5.74) is 8.02. The van der Waals surface area contributed by atoms with Crippen LogP contribution in [0.15, 0.2) is 47.5 Å². The molecule has 3 aromatic heterocycles. The van der Waals surface area contributed by atoms with Gasteiger partial charge >= 0.3 is 0 Å². The average molecular weight is 253 g/mol. The van der Waals surface area contributed by atoms with E-state index in [1.165, 1.54) is 0 Å². The van der Waals surface area contributed by atoms with Crippen molar-refractivity contribution in [1.82, 2.24) is 20.1 Å². The van der Waals surface area contributed by atoms with Gasteiger partial charge < -0.3 is 10.3 Å². The number of anilines is 1. The summed E-state index contributed by atoms with van der Waals surface area (Å²) in [5.74, 6) is 1.03. The van der Waals surface area contributed by atoms with Crippen molar-refractivity contribution in [2.75, 3.05) is 5.73 Å². The lowest BCUT2D eigenvalue weighted by Crippen LogP contribution is -1.91. The smallest absolute Gasteiger partial charge is 0.259 e. The Morgan fingerprint density at radius 1 is 1.11 bits per heavy atom. The van der Waals surface area contributed by atoms with Crippen molar-refractivity contribution >= 4 is 5.69 Å². The number of hydrogen-bond donors (Lipinski definition) is 1. The number of pyridine rings is 2. The molecule has 19 heavy (non-hydrogen) atoms. The Balaban J connectivity index is 1.84. The molecule has 2 N–H and O–H groups in total. The number of nitrogen functional groups attached to an aromatic ring is 1.